The summed E-state index contributed by atoms with van der Waals surface area (Å²) in [7, 11) is 0. The van der Waals surface area contributed by atoms with Gasteiger partial charge in [0.2, 0.25) is 0 Å². The quantitative estimate of drug-likeness (QED) is 0.500. The maximum atomic E-state index is 14.9. The van der Waals surface area contributed by atoms with Crippen LogP contribution >= 0.6 is 0 Å². The molecule has 0 aliphatic carbocycles. The first-order valence-electron chi connectivity index (χ1n) is 10.2. The van der Waals surface area contributed by atoms with Gasteiger partial charge in [0.15, 0.2) is 0 Å². The van der Waals surface area contributed by atoms with Crippen molar-refractivity contribution in [3.8, 4) is 28.1 Å². The Balaban J connectivity index is 1.66. The molecule has 5 rings (SSSR count). The van der Waals surface area contributed by atoms with Crippen LogP contribution in [0.5, 0.6) is 5.75 Å². The van der Waals surface area contributed by atoms with Gasteiger partial charge in [-0.1, -0.05) is 11.6 Å². The van der Waals surface area contributed by atoms with Crippen LogP contribution in [0.1, 0.15) is 18.4 Å². The fourth-order valence-corrected chi connectivity index (χ4v) is 4.11. The predicted octanol–water partition coefficient (Wildman–Crippen LogP) is 4.87. The summed E-state index contributed by atoms with van der Waals surface area (Å²) in [6.45, 7) is 3.56. The molecule has 1 fully saturated rings. The van der Waals surface area contributed by atoms with Crippen molar-refractivity contribution in [3.63, 3.8) is 0 Å². The summed E-state index contributed by atoms with van der Waals surface area (Å²) < 4.78 is 21.1. The Bertz CT molecular complexity index is 1200. The van der Waals surface area contributed by atoms with E-state index in [-0.39, 0.29) is 5.82 Å². The van der Waals surface area contributed by atoms with Gasteiger partial charge in [-0.05, 0) is 56.6 Å². The van der Waals surface area contributed by atoms with E-state index in [4.69, 9.17) is 4.74 Å². The highest BCUT2D eigenvalue weighted by atomic mass is 19.1. The van der Waals surface area contributed by atoms with Crippen LogP contribution in [0.2, 0.25) is 0 Å². The summed E-state index contributed by atoms with van der Waals surface area (Å²) in [6.07, 6.45) is 7.45. The third kappa shape index (κ3) is 3.44. The zero-order chi connectivity index (χ0) is 20.5. The first-order chi connectivity index (χ1) is 14.7. The number of aryl methyl sites for hydroxylation is 1. The third-order valence-corrected chi connectivity index (χ3v) is 5.60. The molecule has 30 heavy (non-hydrogen) atoms. The molecule has 1 aromatic carbocycles. The van der Waals surface area contributed by atoms with Crippen molar-refractivity contribution in [1.82, 2.24) is 20.3 Å². The van der Waals surface area contributed by atoms with Crippen LogP contribution < -0.4 is 10.1 Å². The van der Waals surface area contributed by atoms with E-state index in [1.807, 2.05) is 31.2 Å². The molecule has 1 atom stereocenters. The molecule has 4 aromatic rings. The SMILES string of the molecule is Cc1ccc(F)c(-c2c(-c3ccncc3OC[C@@H]3CCCN3)[nH]c3cccnc23)c1. The first kappa shape index (κ1) is 18.8. The van der Waals surface area contributed by atoms with E-state index in [0.29, 0.717) is 24.0 Å². The lowest BCUT2D eigenvalue weighted by atomic mass is 9.98. The number of aromatic amines is 1. The smallest absolute Gasteiger partial charge is 0.146 e. The van der Waals surface area contributed by atoms with Crippen molar-refractivity contribution < 1.29 is 9.13 Å². The van der Waals surface area contributed by atoms with Gasteiger partial charge >= 0.3 is 0 Å². The van der Waals surface area contributed by atoms with E-state index in [9.17, 15) is 4.39 Å². The van der Waals surface area contributed by atoms with Crippen LogP contribution in [0.3, 0.4) is 0 Å². The topological polar surface area (TPSA) is 62.8 Å². The lowest BCUT2D eigenvalue weighted by Gasteiger charge is -2.15. The summed E-state index contributed by atoms with van der Waals surface area (Å²) in [5.41, 5.74) is 5.46. The van der Waals surface area contributed by atoms with E-state index in [1.165, 1.54) is 12.5 Å². The number of ether oxygens (including phenoxy) is 1. The Morgan fingerprint density at radius 3 is 2.97 bits per heavy atom. The van der Waals surface area contributed by atoms with Crippen LogP contribution in [0.25, 0.3) is 33.4 Å². The highest BCUT2D eigenvalue weighted by Crippen LogP contribution is 2.41. The average Bonchev–Trinajstić information content (AvgIpc) is 3.42. The fourth-order valence-electron chi connectivity index (χ4n) is 4.11. The van der Waals surface area contributed by atoms with Gasteiger partial charge in [0, 0.05) is 35.1 Å². The molecule has 6 heteroatoms. The lowest BCUT2D eigenvalue weighted by molar-refractivity contribution is 0.277. The maximum absolute atomic E-state index is 14.9. The number of rotatable bonds is 5. The van der Waals surface area contributed by atoms with Gasteiger partial charge in [0.05, 0.1) is 22.9 Å². The Morgan fingerprint density at radius 2 is 2.10 bits per heavy atom. The van der Waals surface area contributed by atoms with Crippen LogP contribution in [0.15, 0.2) is 55.0 Å². The molecule has 0 spiro atoms. The van der Waals surface area contributed by atoms with Gasteiger partial charge in [-0.25, -0.2) is 4.39 Å². The second-order valence-electron chi connectivity index (χ2n) is 7.73. The van der Waals surface area contributed by atoms with E-state index < -0.39 is 0 Å². The summed E-state index contributed by atoms with van der Waals surface area (Å²) in [5, 5.41) is 3.45. The number of pyridine rings is 2. The van der Waals surface area contributed by atoms with E-state index in [0.717, 1.165) is 46.4 Å². The lowest BCUT2D eigenvalue weighted by Crippen LogP contribution is -2.28. The van der Waals surface area contributed by atoms with Gasteiger partial charge < -0.3 is 15.0 Å². The second kappa shape index (κ2) is 7.88. The van der Waals surface area contributed by atoms with Crippen molar-refractivity contribution >= 4 is 11.0 Å². The molecular weight excluding hydrogens is 379 g/mol. The second-order valence-corrected chi connectivity index (χ2v) is 7.73. The summed E-state index contributed by atoms with van der Waals surface area (Å²) in [5.74, 6) is 0.396. The van der Waals surface area contributed by atoms with Gasteiger partial charge in [-0.2, -0.15) is 0 Å². The minimum atomic E-state index is -0.278. The van der Waals surface area contributed by atoms with Crippen molar-refractivity contribution in [3.05, 3.63) is 66.4 Å². The van der Waals surface area contributed by atoms with Gasteiger partial charge in [0.25, 0.3) is 0 Å². The Labute approximate surface area is 174 Å². The Kier molecular flexibility index (Phi) is 4.93. The minimum absolute atomic E-state index is 0.278. The van der Waals surface area contributed by atoms with Crippen LogP contribution in [-0.2, 0) is 0 Å². The minimum Gasteiger partial charge on any atom is -0.490 e. The maximum Gasteiger partial charge on any atom is 0.146 e. The number of aromatic nitrogens is 3. The van der Waals surface area contributed by atoms with Gasteiger partial charge in [-0.15, -0.1) is 0 Å². The number of hydrogen-bond acceptors (Lipinski definition) is 4. The highest BCUT2D eigenvalue weighted by Gasteiger charge is 2.22. The Morgan fingerprint density at radius 1 is 1.17 bits per heavy atom. The number of hydrogen-bond donors (Lipinski definition) is 2. The molecule has 152 valence electrons. The highest BCUT2D eigenvalue weighted by molar-refractivity contribution is 6.02. The summed E-state index contributed by atoms with van der Waals surface area (Å²) in [6, 6.07) is 11.2. The van der Waals surface area contributed by atoms with Gasteiger partial charge in [0.1, 0.15) is 18.2 Å². The standard InChI is InChI=1S/C24H23FN4O/c1-15-6-7-19(25)18(12-15)22-23(29-20-5-3-10-28-24(20)22)17-8-11-26-13-21(17)30-14-16-4-2-9-27-16/h3,5-8,10-13,16,27,29H,2,4,9,14H2,1H3/t16-/m0/s1. The molecule has 0 saturated carbocycles. The fraction of sp³-hybridized carbons (Fsp3) is 0.250. The third-order valence-electron chi connectivity index (χ3n) is 5.60. The largest absolute Gasteiger partial charge is 0.490 e. The molecule has 1 saturated heterocycles. The average molecular weight is 402 g/mol. The van der Waals surface area contributed by atoms with Crippen LogP contribution in [-0.4, -0.2) is 34.1 Å². The number of benzene rings is 1. The molecule has 0 bridgehead atoms. The van der Waals surface area contributed by atoms with Gasteiger partial charge in [-0.3, -0.25) is 9.97 Å². The van der Waals surface area contributed by atoms with E-state index >= 15 is 0 Å². The molecule has 0 unspecified atom stereocenters. The summed E-state index contributed by atoms with van der Waals surface area (Å²) >= 11 is 0. The number of nitrogens with zero attached hydrogens (tertiary/aromatic N) is 2. The normalized spacial score (nSPS) is 16.3. The molecule has 1 aliphatic heterocycles. The molecule has 2 N–H and O–H groups in total. The number of fused-ring (bicyclic) bond motifs is 1. The predicted molar refractivity (Wildman–Crippen MR) is 116 cm³/mol. The number of H-pyrrole nitrogens is 1. The van der Waals surface area contributed by atoms with Crippen LogP contribution in [0, 0.1) is 12.7 Å². The molecule has 1 aliphatic rings. The van der Waals surface area contributed by atoms with Crippen molar-refractivity contribution in [1.29, 1.82) is 0 Å². The zero-order valence-electron chi connectivity index (χ0n) is 16.8. The first-order valence-corrected chi connectivity index (χ1v) is 10.2. The zero-order valence-corrected chi connectivity index (χ0v) is 16.8. The molecule has 3 aromatic heterocycles. The van der Waals surface area contributed by atoms with E-state index in [2.05, 4.69) is 20.3 Å². The molecule has 0 amide bonds. The molecule has 5 nitrogen and oxygen atoms in total. The van der Waals surface area contributed by atoms with E-state index in [1.54, 1.807) is 24.7 Å². The van der Waals surface area contributed by atoms with Crippen molar-refractivity contribution in [2.45, 2.75) is 25.8 Å². The molecule has 0 radical (unpaired) electrons. The molecule has 4 heterocycles. The number of nitrogens with one attached hydrogen (secondary N) is 2. The number of halogens is 1. The van der Waals surface area contributed by atoms with Crippen molar-refractivity contribution in [2.24, 2.45) is 0 Å². The van der Waals surface area contributed by atoms with Crippen molar-refractivity contribution in [2.75, 3.05) is 13.2 Å². The molecular formula is C24H23FN4O. The monoisotopic (exact) mass is 402 g/mol. The summed E-state index contributed by atoms with van der Waals surface area (Å²) in [4.78, 5) is 12.2. The Hall–Kier alpha value is -3.25. The van der Waals surface area contributed by atoms with Crippen LogP contribution in [0.4, 0.5) is 4.39 Å².